The molecule has 106 valence electrons. The molecule has 0 amide bonds. The molecule has 0 spiro atoms. The molecule has 1 aromatic heterocycles. The Hall–Kier alpha value is -1.50. The SMILES string of the molecule is CN1CCCN(c2cc(C(F)(F)F)cc(N)n2)CC1. The van der Waals surface area contributed by atoms with E-state index < -0.39 is 11.7 Å². The van der Waals surface area contributed by atoms with Crippen molar-refractivity contribution in [3.8, 4) is 0 Å². The van der Waals surface area contributed by atoms with Crippen molar-refractivity contribution in [2.24, 2.45) is 0 Å². The van der Waals surface area contributed by atoms with Crippen molar-refractivity contribution < 1.29 is 13.2 Å². The smallest absolute Gasteiger partial charge is 0.384 e. The van der Waals surface area contributed by atoms with Gasteiger partial charge in [0, 0.05) is 19.6 Å². The van der Waals surface area contributed by atoms with Crippen molar-refractivity contribution in [1.29, 1.82) is 0 Å². The number of anilines is 2. The second-order valence-corrected chi connectivity index (χ2v) is 4.78. The van der Waals surface area contributed by atoms with Crippen molar-refractivity contribution in [2.75, 3.05) is 43.9 Å². The monoisotopic (exact) mass is 274 g/mol. The summed E-state index contributed by atoms with van der Waals surface area (Å²) >= 11 is 0. The lowest BCUT2D eigenvalue weighted by Gasteiger charge is -2.23. The molecule has 2 heterocycles. The number of alkyl halides is 3. The van der Waals surface area contributed by atoms with Gasteiger partial charge in [0.1, 0.15) is 11.6 Å². The lowest BCUT2D eigenvalue weighted by atomic mass is 10.2. The highest BCUT2D eigenvalue weighted by atomic mass is 19.4. The third-order valence-electron chi connectivity index (χ3n) is 3.20. The molecule has 0 atom stereocenters. The first-order valence-electron chi connectivity index (χ1n) is 6.14. The van der Waals surface area contributed by atoms with Gasteiger partial charge in [-0.2, -0.15) is 13.2 Å². The highest BCUT2D eigenvalue weighted by molar-refractivity contribution is 5.49. The van der Waals surface area contributed by atoms with Gasteiger partial charge >= 0.3 is 6.18 Å². The summed E-state index contributed by atoms with van der Waals surface area (Å²) in [6.07, 6.45) is -3.50. The van der Waals surface area contributed by atoms with E-state index in [0.29, 0.717) is 18.9 Å². The van der Waals surface area contributed by atoms with Crippen molar-refractivity contribution in [2.45, 2.75) is 12.6 Å². The standard InChI is InChI=1S/C12H17F3N4/c1-18-3-2-4-19(6-5-18)11-8-9(12(13,14)15)7-10(16)17-11/h7-8H,2-6H2,1H3,(H2,16,17). The molecule has 1 aromatic rings. The van der Waals surface area contributed by atoms with Crippen LogP contribution in [0.5, 0.6) is 0 Å². The van der Waals surface area contributed by atoms with Gasteiger partial charge in [0.05, 0.1) is 5.56 Å². The lowest BCUT2D eigenvalue weighted by Crippen LogP contribution is -2.29. The van der Waals surface area contributed by atoms with Gasteiger partial charge < -0.3 is 15.5 Å². The Bertz CT molecular complexity index is 447. The van der Waals surface area contributed by atoms with E-state index in [1.807, 2.05) is 11.9 Å². The zero-order valence-corrected chi connectivity index (χ0v) is 10.7. The maximum Gasteiger partial charge on any atom is 0.416 e. The molecule has 1 aliphatic rings. The van der Waals surface area contributed by atoms with Crippen LogP contribution in [0.3, 0.4) is 0 Å². The predicted octanol–water partition coefficient (Wildman–Crippen LogP) is 1.82. The summed E-state index contributed by atoms with van der Waals surface area (Å²) < 4.78 is 38.2. The highest BCUT2D eigenvalue weighted by Crippen LogP contribution is 2.32. The van der Waals surface area contributed by atoms with Crippen LogP contribution in [0.2, 0.25) is 0 Å². The molecular formula is C12H17F3N4. The van der Waals surface area contributed by atoms with Gasteiger partial charge in [-0.15, -0.1) is 0 Å². The van der Waals surface area contributed by atoms with Gasteiger partial charge in [-0.1, -0.05) is 0 Å². The van der Waals surface area contributed by atoms with Crippen molar-refractivity contribution in [3.05, 3.63) is 17.7 Å². The number of aromatic nitrogens is 1. The van der Waals surface area contributed by atoms with E-state index >= 15 is 0 Å². The van der Waals surface area contributed by atoms with Crippen LogP contribution in [0.25, 0.3) is 0 Å². The van der Waals surface area contributed by atoms with Crippen LogP contribution >= 0.6 is 0 Å². The van der Waals surface area contributed by atoms with E-state index in [-0.39, 0.29) is 5.82 Å². The molecule has 1 fully saturated rings. The summed E-state index contributed by atoms with van der Waals surface area (Å²) in [6, 6.07) is 1.94. The molecule has 1 aliphatic heterocycles. The molecular weight excluding hydrogens is 257 g/mol. The first-order chi connectivity index (χ1) is 8.86. The minimum Gasteiger partial charge on any atom is -0.384 e. The number of pyridine rings is 1. The van der Waals surface area contributed by atoms with Crippen molar-refractivity contribution in [3.63, 3.8) is 0 Å². The number of hydrogen-bond acceptors (Lipinski definition) is 4. The Kier molecular flexibility index (Phi) is 3.84. The van der Waals surface area contributed by atoms with E-state index in [2.05, 4.69) is 9.88 Å². The first-order valence-corrected chi connectivity index (χ1v) is 6.14. The van der Waals surface area contributed by atoms with Crippen LogP contribution < -0.4 is 10.6 Å². The summed E-state index contributed by atoms with van der Waals surface area (Å²) in [6.45, 7) is 3.09. The second kappa shape index (κ2) is 5.24. The number of likely N-dealkylation sites (N-methyl/N-ethyl adjacent to an activating group) is 1. The molecule has 1 saturated heterocycles. The zero-order valence-electron chi connectivity index (χ0n) is 10.7. The van der Waals surface area contributed by atoms with Gasteiger partial charge in [0.2, 0.25) is 0 Å². The molecule has 0 radical (unpaired) electrons. The topological polar surface area (TPSA) is 45.4 Å². The summed E-state index contributed by atoms with van der Waals surface area (Å²) in [7, 11) is 2.00. The molecule has 19 heavy (non-hydrogen) atoms. The van der Waals surface area contributed by atoms with Crippen molar-refractivity contribution >= 4 is 11.6 Å². The average molecular weight is 274 g/mol. The van der Waals surface area contributed by atoms with Crippen LogP contribution in [0.1, 0.15) is 12.0 Å². The fraction of sp³-hybridized carbons (Fsp3) is 0.583. The molecule has 0 bridgehead atoms. The van der Waals surface area contributed by atoms with Crippen molar-refractivity contribution in [1.82, 2.24) is 9.88 Å². The van der Waals surface area contributed by atoms with E-state index in [1.54, 1.807) is 0 Å². The quantitative estimate of drug-likeness (QED) is 0.848. The number of halogens is 3. The Morgan fingerprint density at radius 1 is 1.16 bits per heavy atom. The molecule has 2 rings (SSSR count). The maximum atomic E-state index is 12.7. The van der Waals surface area contributed by atoms with Gasteiger partial charge in [0.15, 0.2) is 0 Å². The van der Waals surface area contributed by atoms with Crippen LogP contribution in [-0.2, 0) is 6.18 Å². The second-order valence-electron chi connectivity index (χ2n) is 4.78. The summed E-state index contributed by atoms with van der Waals surface area (Å²) in [5.74, 6) is 0.213. The van der Waals surface area contributed by atoms with Crippen LogP contribution in [-0.4, -0.2) is 43.1 Å². The van der Waals surface area contributed by atoms with Crippen LogP contribution in [0, 0.1) is 0 Å². The summed E-state index contributed by atoms with van der Waals surface area (Å²) in [5.41, 5.74) is 4.74. The first kappa shape index (κ1) is 13.9. The Morgan fingerprint density at radius 3 is 2.58 bits per heavy atom. The minimum atomic E-state index is -4.39. The molecule has 0 aliphatic carbocycles. The fourth-order valence-corrected chi connectivity index (χ4v) is 2.14. The Labute approximate surface area is 110 Å². The molecule has 0 saturated carbocycles. The molecule has 2 N–H and O–H groups in total. The molecule has 0 unspecified atom stereocenters. The third-order valence-corrected chi connectivity index (χ3v) is 3.20. The Morgan fingerprint density at radius 2 is 1.89 bits per heavy atom. The number of hydrogen-bond donors (Lipinski definition) is 1. The molecule has 4 nitrogen and oxygen atoms in total. The molecule has 0 aromatic carbocycles. The van der Waals surface area contributed by atoms with Gasteiger partial charge in [-0.25, -0.2) is 4.98 Å². The van der Waals surface area contributed by atoms with Gasteiger partial charge in [0.25, 0.3) is 0 Å². The summed E-state index contributed by atoms with van der Waals surface area (Å²) in [4.78, 5) is 8.03. The number of nitrogens with two attached hydrogens (primary N) is 1. The van der Waals surface area contributed by atoms with E-state index in [9.17, 15) is 13.2 Å². The van der Waals surface area contributed by atoms with E-state index in [1.165, 1.54) is 0 Å². The van der Waals surface area contributed by atoms with Crippen LogP contribution in [0.15, 0.2) is 12.1 Å². The maximum absolute atomic E-state index is 12.7. The van der Waals surface area contributed by atoms with E-state index in [0.717, 1.165) is 31.6 Å². The predicted molar refractivity (Wildman–Crippen MR) is 68.0 cm³/mol. The van der Waals surface area contributed by atoms with E-state index in [4.69, 9.17) is 5.73 Å². The van der Waals surface area contributed by atoms with Gasteiger partial charge in [-0.05, 0) is 32.1 Å². The minimum absolute atomic E-state index is 0.0950. The number of nitrogen functional groups attached to an aromatic ring is 1. The largest absolute Gasteiger partial charge is 0.416 e. The fourth-order valence-electron chi connectivity index (χ4n) is 2.14. The lowest BCUT2D eigenvalue weighted by molar-refractivity contribution is -0.137. The number of nitrogens with zero attached hydrogens (tertiary/aromatic N) is 3. The molecule has 7 heteroatoms. The normalized spacial score (nSPS) is 18.4. The van der Waals surface area contributed by atoms with Gasteiger partial charge in [-0.3, -0.25) is 0 Å². The van der Waals surface area contributed by atoms with Crippen LogP contribution in [0.4, 0.5) is 24.8 Å². The average Bonchev–Trinajstić information content (AvgIpc) is 2.52. The zero-order chi connectivity index (χ0) is 14.0. The summed E-state index contributed by atoms with van der Waals surface area (Å²) in [5, 5.41) is 0. The highest BCUT2D eigenvalue weighted by Gasteiger charge is 2.32. The number of rotatable bonds is 1. The third kappa shape index (κ3) is 3.50. The Balaban J connectivity index is 2.26.